The van der Waals surface area contributed by atoms with Crippen molar-refractivity contribution in [1.29, 1.82) is 0 Å². The summed E-state index contributed by atoms with van der Waals surface area (Å²) >= 11 is 12.0. The minimum atomic E-state index is -0.347. The number of anilines is 3. The molecule has 3 aromatic rings. The van der Waals surface area contributed by atoms with Crippen molar-refractivity contribution in [3.05, 3.63) is 76.0 Å². The fourth-order valence-electron chi connectivity index (χ4n) is 3.22. The van der Waals surface area contributed by atoms with Gasteiger partial charge in [0.15, 0.2) is 0 Å². The molecule has 1 aromatic heterocycles. The van der Waals surface area contributed by atoms with Crippen LogP contribution in [0.4, 0.5) is 17.3 Å². The smallest absolute Gasteiger partial charge is 0.258 e. The molecule has 0 bridgehead atoms. The van der Waals surface area contributed by atoms with Gasteiger partial charge in [0.05, 0.1) is 16.3 Å². The number of rotatable bonds is 3. The number of para-hydroxylation sites is 1. The first-order valence-electron chi connectivity index (χ1n) is 8.48. The van der Waals surface area contributed by atoms with E-state index in [0.29, 0.717) is 27.2 Å². The van der Waals surface area contributed by atoms with Gasteiger partial charge in [-0.05, 0) is 43.2 Å². The first-order chi connectivity index (χ1) is 13.0. The van der Waals surface area contributed by atoms with Crippen molar-refractivity contribution in [2.75, 3.05) is 10.2 Å². The summed E-state index contributed by atoms with van der Waals surface area (Å²) in [6.45, 7) is 2.13. The highest BCUT2D eigenvalue weighted by Gasteiger charge is 2.28. The number of hydrogen-bond donors (Lipinski definition) is 1. The van der Waals surface area contributed by atoms with Gasteiger partial charge in [-0.25, -0.2) is 9.97 Å². The standard InChI is InChI=1S/C20H16Cl2N4O/c1-12-8-13-4-2-3-5-18(13)26(12)20-23-10-14(11-24-20)19(27)25-17-9-15(21)6-7-16(17)22/h2-7,9-12H,8H2,1H3,(H,25,27). The Morgan fingerprint density at radius 2 is 1.89 bits per heavy atom. The third-order valence-corrected chi connectivity index (χ3v) is 5.06. The first kappa shape index (κ1) is 17.8. The molecule has 0 fully saturated rings. The highest BCUT2D eigenvalue weighted by atomic mass is 35.5. The first-order valence-corrected chi connectivity index (χ1v) is 9.24. The van der Waals surface area contributed by atoms with Crippen LogP contribution >= 0.6 is 23.2 Å². The Morgan fingerprint density at radius 3 is 2.67 bits per heavy atom. The van der Waals surface area contributed by atoms with Crippen molar-refractivity contribution >= 4 is 46.4 Å². The third kappa shape index (κ3) is 3.48. The van der Waals surface area contributed by atoms with E-state index in [4.69, 9.17) is 23.2 Å². The predicted molar refractivity (Wildman–Crippen MR) is 108 cm³/mol. The van der Waals surface area contributed by atoms with Crippen molar-refractivity contribution in [2.24, 2.45) is 0 Å². The molecular formula is C20H16Cl2N4O. The largest absolute Gasteiger partial charge is 0.320 e. The van der Waals surface area contributed by atoms with Crippen molar-refractivity contribution in [3.63, 3.8) is 0 Å². The fourth-order valence-corrected chi connectivity index (χ4v) is 3.56. The minimum absolute atomic E-state index is 0.257. The van der Waals surface area contributed by atoms with Crippen LogP contribution in [0, 0.1) is 0 Å². The van der Waals surface area contributed by atoms with Crippen molar-refractivity contribution in [3.8, 4) is 0 Å². The number of carbonyl (C=O) groups excluding carboxylic acids is 1. The van der Waals surface area contributed by atoms with Gasteiger partial charge in [0, 0.05) is 29.1 Å². The maximum absolute atomic E-state index is 12.5. The van der Waals surface area contributed by atoms with Gasteiger partial charge in [-0.3, -0.25) is 4.79 Å². The number of nitrogens with zero attached hydrogens (tertiary/aromatic N) is 3. The SMILES string of the molecule is CC1Cc2ccccc2N1c1ncc(C(=O)Nc2cc(Cl)ccc2Cl)cn1. The lowest BCUT2D eigenvalue weighted by molar-refractivity contribution is 0.102. The Labute approximate surface area is 167 Å². The predicted octanol–water partition coefficient (Wildman–Crippen LogP) is 5.12. The minimum Gasteiger partial charge on any atom is -0.320 e. The van der Waals surface area contributed by atoms with Crippen molar-refractivity contribution in [1.82, 2.24) is 9.97 Å². The van der Waals surface area contributed by atoms with Gasteiger partial charge in [0.1, 0.15) is 0 Å². The second kappa shape index (κ2) is 7.18. The van der Waals surface area contributed by atoms with Crippen LogP contribution in [0.5, 0.6) is 0 Å². The van der Waals surface area contributed by atoms with Gasteiger partial charge in [-0.2, -0.15) is 0 Å². The molecule has 1 aliphatic rings. The quantitative estimate of drug-likeness (QED) is 0.664. The third-order valence-electron chi connectivity index (χ3n) is 4.50. The van der Waals surface area contributed by atoms with Gasteiger partial charge in [-0.15, -0.1) is 0 Å². The van der Waals surface area contributed by atoms with Crippen LogP contribution < -0.4 is 10.2 Å². The molecule has 2 heterocycles. The average Bonchev–Trinajstić information content (AvgIpc) is 3.00. The van der Waals surface area contributed by atoms with Crippen molar-refractivity contribution < 1.29 is 4.79 Å². The molecule has 1 N–H and O–H groups in total. The molecule has 2 aromatic carbocycles. The molecule has 5 nitrogen and oxygen atoms in total. The molecule has 136 valence electrons. The fraction of sp³-hybridized carbons (Fsp3) is 0.150. The summed E-state index contributed by atoms with van der Waals surface area (Å²) < 4.78 is 0. The Kier molecular flexibility index (Phi) is 4.72. The average molecular weight is 399 g/mol. The topological polar surface area (TPSA) is 58.1 Å². The van der Waals surface area contributed by atoms with Crippen LogP contribution in [0.1, 0.15) is 22.8 Å². The summed E-state index contributed by atoms with van der Waals surface area (Å²) in [6, 6.07) is 13.3. The normalized spacial score (nSPS) is 15.5. The molecule has 0 saturated heterocycles. The van der Waals surface area contributed by atoms with E-state index in [2.05, 4.69) is 39.2 Å². The highest BCUT2D eigenvalue weighted by molar-refractivity contribution is 6.35. The van der Waals surface area contributed by atoms with Gasteiger partial charge < -0.3 is 10.2 Å². The molecular weight excluding hydrogens is 383 g/mol. The molecule has 1 unspecified atom stereocenters. The zero-order valence-corrected chi connectivity index (χ0v) is 16.0. The number of amides is 1. The molecule has 1 amide bonds. The molecule has 4 rings (SSSR count). The molecule has 27 heavy (non-hydrogen) atoms. The van der Waals surface area contributed by atoms with Gasteiger partial charge >= 0.3 is 0 Å². The summed E-state index contributed by atoms with van der Waals surface area (Å²) in [7, 11) is 0. The number of fused-ring (bicyclic) bond motifs is 1. The van der Waals surface area contributed by atoms with Crippen LogP contribution in [-0.4, -0.2) is 21.9 Å². The summed E-state index contributed by atoms with van der Waals surface area (Å²) in [4.78, 5) is 23.4. The molecule has 0 spiro atoms. The molecule has 0 aliphatic carbocycles. The number of nitrogens with one attached hydrogen (secondary N) is 1. The maximum atomic E-state index is 12.5. The molecule has 0 saturated carbocycles. The van der Waals surface area contributed by atoms with Gasteiger partial charge in [-0.1, -0.05) is 41.4 Å². The van der Waals surface area contributed by atoms with Crippen LogP contribution in [0.15, 0.2) is 54.9 Å². The van der Waals surface area contributed by atoms with E-state index in [1.807, 2.05) is 12.1 Å². The van der Waals surface area contributed by atoms with E-state index >= 15 is 0 Å². The highest BCUT2D eigenvalue weighted by Crippen LogP contribution is 2.36. The zero-order valence-electron chi connectivity index (χ0n) is 14.5. The van der Waals surface area contributed by atoms with Crippen LogP contribution in [-0.2, 0) is 6.42 Å². The second-order valence-electron chi connectivity index (χ2n) is 6.40. The number of halogens is 2. The van der Waals surface area contributed by atoms with Crippen LogP contribution in [0.2, 0.25) is 10.0 Å². The van der Waals surface area contributed by atoms with Crippen molar-refractivity contribution in [2.45, 2.75) is 19.4 Å². The summed E-state index contributed by atoms with van der Waals surface area (Å²) in [5.41, 5.74) is 3.16. The molecule has 1 aliphatic heterocycles. The molecule has 7 heteroatoms. The monoisotopic (exact) mass is 398 g/mol. The second-order valence-corrected chi connectivity index (χ2v) is 7.25. The Bertz CT molecular complexity index is 1010. The van der Waals surface area contributed by atoms with E-state index in [-0.39, 0.29) is 11.9 Å². The van der Waals surface area contributed by atoms with E-state index in [9.17, 15) is 4.79 Å². The summed E-state index contributed by atoms with van der Waals surface area (Å²) in [5, 5.41) is 3.63. The maximum Gasteiger partial charge on any atom is 0.258 e. The van der Waals surface area contributed by atoms with Gasteiger partial charge in [0.25, 0.3) is 5.91 Å². The number of aromatic nitrogens is 2. The molecule has 1 atom stereocenters. The van der Waals surface area contributed by atoms with Gasteiger partial charge in [0.2, 0.25) is 5.95 Å². The number of hydrogen-bond acceptors (Lipinski definition) is 4. The van der Waals surface area contributed by atoms with E-state index in [0.717, 1.165) is 12.1 Å². The van der Waals surface area contributed by atoms with E-state index in [1.165, 1.54) is 18.0 Å². The lowest BCUT2D eigenvalue weighted by atomic mass is 10.1. The zero-order chi connectivity index (χ0) is 19.0. The molecule has 0 radical (unpaired) electrons. The van der Waals surface area contributed by atoms with E-state index < -0.39 is 0 Å². The summed E-state index contributed by atoms with van der Waals surface area (Å²) in [5.74, 6) is 0.227. The Hall–Kier alpha value is -2.63. The Morgan fingerprint density at radius 1 is 1.15 bits per heavy atom. The lowest BCUT2D eigenvalue weighted by Gasteiger charge is -2.22. The summed E-state index contributed by atoms with van der Waals surface area (Å²) in [6.07, 6.45) is 3.97. The van der Waals surface area contributed by atoms with Crippen LogP contribution in [0.25, 0.3) is 0 Å². The van der Waals surface area contributed by atoms with E-state index in [1.54, 1.807) is 18.2 Å². The number of carbonyl (C=O) groups is 1. The lowest BCUT2D eigenvalue weighted by Crippen LogP contribution is -2.26. The van der Waals surface area contributed by atoms with Crippen LogP contribution in [0.3, 0.4) is 0 Å². The number of benzene rings is 2. The Balaban J connectivity index is 1.56.